The molecule has 0 unspecified atom stereocenters. The van der Waals surface area contributed by atoms with Crippen LogP contribution in [0.25, 0.3) is 0 Å². The lowest BCUT2D eigenvalue weighted by Gasteiger charge is -2.19. The first kappa shape index (κ1) is 16.5. The summed E-state index contributed by atoms with van der Waals surface area (Å²) < 4.78 is 10.5. The Kier molecular flexibility index (Phi) is 5.36. The maximum Gasteiger partial charge on any atom is 0.254 e. The number of rotatable bonds is 6. The zero-order valence-electron chi connectivity index (χ0n) is 13.4. The third kappa shape index (κ3) is 3.69. The Bertz CT molecular complexity index is 712. The fourth-order valence-corrected chi connectivity index (χ4v) is 2.32. The summed E-state index contributed by atoms with van der Waals surface area (Å²) in [6, 6.07) is 12.2. The molecule has 0 fully saturated rings. The third-order valence-corrected chi connectivity index (χ3v) is 3.53. The van der Waals surface area contributed by atoms with Gasteiger partial charge in [-0.1, -0.05) is 24.3 Å². The van der Waals surface area contributed by atoms with Crippen LogP contribution in [-0.4, -0.2) is 38.4 Å². The number of aldehydes is 1. The minimum Gasteiger partial charge on any atom is -0.493 e. The van der Waals surface area contributed by atoms with Crippen LogP contribution in [0.4, 0.5) is 0 Å². The molecule has 0 bridgehead atoms. The van der Waals surface area contributed by atoms with Crippen LogP contribution in [0.5, 0.6) is 11.5 Å². The molecule has 23 heavy (non-hydrogen) atoms. The van der Waals surface area contributed by atoms with Crippen molar-refractivity contribution < 1.29 is 19.1 Å². The fraction of sp³-hybridized carbons (Fsp3) is 0.222. The van der Waals surface area contributed by atoms with Crippen molar-refractivity contribution in [2.75, 3.05) is 21.3 Å². The van der Waals surface area contributed by atoms with Crippen molar-refractivity contribution in [3.05, 3.63) is 59.2 Å². The average molecular weight is 313 g/mol. The van der Waals surface area contributed by atoms with Crippen molar-refractivity contribution in [1.82, 2.24) is 4.90 Å². The molecular weight excluding hydrogens is 294 g/mol. The van der Waals surface area contributed by atoms with Gasteiger partial charge in [0.05, 0.1) is 19.8 Å². The summed E-state index contributed by atoms with van der Waals surface area (Å²) in [6.45, 7) is 0.395. The molecule has 0 spiro atoms. The van der Waals surface area contributed by atoms with Crippen LogP contribution < -0.4 is 9.47 Å². The molecule has 5 heteroatoms. The molecule has 0 aromatic heterocycles. The Morgan fingerprint density at radius 3 is 2.43 bits per heavy atom. The van der Waals surface area contributed by atoms with Crippen molar-refractivity contribution in [3.63, 3.8) is 0 Å². The van der Waals surface area contributed by atoms with Crippen molar-refractivity contribution in [1.29, 1.82) is 0 Å². The first-order chi connectivity index (χ1) is 11.1. The van der Waals surface area contributed by atoms with Gasteiger partial charge in [0, 0.05) is 19.2 Å². The van der Waals surface area contributed by atoms with Crippen LogP contribution in [0.2, 0.25) is 0 Å². The molecule has 0 aliphatic rings. The number of carbonyl (C=O) groups excluding carboxylic acids is 2. The van der Waals surface area contributed by atoms with Gasteiger partial charge in [-0.2, -0.15) is 0 Å². The van der Waals surface area contributed by atoms with Crippen LogP contribution in [0.1, 0.15) is 26.3 Å². The van der Waals surface area contributed by atoms with Gasteiger partial charge in [0.1, 0.15) is 0 Å². The highest BCUT2D eigenvalue weighted by molar-refractivity contribution is 6.01. The van der Waals surface area contributed by atoms with Crippen molar-refractivity contribution >= 4 is 12.2 Å². The molecule has 120 valence electrons. The standard InChI is InChI=1S/C18H19NO4/c1-19(18(21)15-7-5-4-6-14(15)12-20)11-13-8-9-16(22-2)17(10-13)23-3/h4-10,12H,11H2,1-3H3. The quantitative estimate of drug-likeness (QED) is 0.770. The smallest absolute Gasteiger partial charge is 0.254 e. The van der Waals surface area contributed by atoms with Crippen molar-refractivity contribution in [2.45, 2.75) is 6.54 Å². The molecule has 0 heterocycles. The molecular formula is C18H19NO4. The van der Waals surface area contributed by atoms with Gasteiger partial charge in [-0.25, -0.2) is 0 Å². The van der Waals surface area contributed by atoms with Crippen molar-refractivity contribution in [3.8, 4) is 11.5 Å². The number of nitrogens with zero attached hydrogens (tertiary/aromatic N) is 1. The van der Waals surface area contributed by atoms with Gasteiger partial charge in [0.25, 0.3) is 5.91 Å². The third-order valence-electron chi connectivity index (χ3n) is 3.53. The summed E-state index contributed by atoms with van der Waals surface area (Å²) in [6.07, 6.45) is 0.692. The highest BCUT2D eigenvalue weighted by Crippen LogP contribution is 2.28. The minimum atomic E-state index is -0.206. The monoisotopic (exact) mass is 313 g/mol. The number of benzene rings is 2. The van der Waals surface area contributed by atoms with E-state index in [4.69, 9.17) is 9.47 Å². The summed E-state index contributed by atoms with van der Waals surface area (Å²) in [5, 5.41) is 0. The van der Waals surface area contributed by atoms with Gasteiger partial charge < -0.3 is 14.4 Å². The SMILES string of the molecule is COc1ccc(CN(C)C(=O)c2ccccc2C=O)cc1OC. The predicted octanol–water partition coefficient (Wildman–Crippen LogP) is 2.79. The fourth-order valence-electron chi connectivity index (χ4n) is 2.32. The largest absolute Gasteiger partial charge is 0.493 e. The summed E-state index contributed by atoms with van der Waals surface area (Å²) in [5.41, 5.74) is 1.68. The van der Waals surface area contributed by atoms with Gasteiger partial charge in [-0.3, -0.25) is 9.59 Å². The first-order valence-electron chi connectivity index (χ1n) is 7.11. The zero-order valence-corrected chi connectivity index (χ0v) is 13.4. The number of hydrogen-bond acceptors (Lipinski definition) is 4. The maximum absolute atomic E-state index is 12.5. The number of methoxy groups -OCH3 is 2. The molecule has 0 atom stereocenters. The lowest BCUT2D eigenvalue weighted by atomic mass is 10.1. The number of hydrogen-bond donors (Lipinski definition) is 0. The molecule has 0 saturated carbocycles. The molecule has 2 rings (SSSR count). The molecule has 0 saturated heterocycles. The first-order valence-corrected chi connectivity index (χ1v) is 7.11. The number of ether oxygens (including phenoxy) is 2. The van der Waals surface area contributed by atoms with Crippen LogP contribution in [0.3, 0.4) is 0 Å². The predicted molar refractivity (Wildman–Crippen MR) is 87.2 cm³/mol. The Morgan fingerprint density at radius 1 is 1.09 bits per heavy atom. The lowest BCUT2D eigenvalue weighted by Crippen LogP contribution is -2.27. The average Bonchev–Trinajstić information content (AvgIpc) is 2.60. The van der Waals surface area contributed by atoms with Crippen LogP contribution in [0, 0.1) is 0 Å². The molecule has 2 aromatic rings. The van der Waals surface area contributed by atoms with Gasteiger partial charge in [-0.15, -0.1) is 0 Å². The minimum absolute atomic E-state index is 0.206. The molecule has 0 aliphatic heterocycles. The van der Waals surface area contributed by atoms with E-state index in [1.165, 1.54) is 0 Å². The Morgan fingerprint density at radius 2 is 1.78 bits per heavy atom. The van der Waals surface area contributed by atoms with Gasteiger partial charge in [0.15, 0.2) is 17.8 Å². The van der Waals surface area contributed by atoms with Gasteiger partial charge in [0.2, 0.25) is 0 Å². The van der Waals surface area contributed by atoms with E-state index in [0.717, 1.165) is 5.56 Å². The lowest BCUT2D eigenvalue weighted by molar-refractivity contribution is 0.0782. The second-order valence-corrected chi connectivity index (χ2v) is 5.06. The molecule has 5 nitrogen and oxygen atoms in total. The summed E-state index contributed by atoms with van der Waals surface area (Å²) in [4.78, 5) is 25.1. The van der Waals surface area contributed by atoms with Gasteiger partial charge >= 0.3 is 0 Å². The van der Waals surface area contributed by atoms with E-state index in [2.05, 4.69) is 0 Å². The van der Waals surface area contributed by atoms with E-state index < -0.39 is 0 Å². The molecule has 2 aromatic carbocycles. The zero-order chi connectivity index (χ0) is 16.8. The second-order valence-electron chi connectivity index (χ2n) is 5.06. The van der Waals surface area contributed by atoms with Crippen LogP contribution >= 0.6 is 0 Å². The second kappa shape index (κ2) is 7.45. The van der Waals surface area contributed by atoms with E-state index in [0.29, 0.717) is 35.5 Å². The summed E-state index contributed by atoms with van der Waals surface area (Å²) in [7, 11) is 4.83. The molecule has 0 N–H and O–H groups in total. The van der Waals surface area contributed by atoms with Crippen LogP contribution in [-0.2, 0) is 6.54 Å². The van der Waals surface area contributed by atoms with E-state index >= 15 is 0 Å². The summed E-state index contributed by atoms with van der Waals surface area (Å²) >= 11 is 0. The maximum atomic E-state index is 12.5. The number of amides is 1. The van der Waals surface area contributed by atoms with Gasteiger partial charge in [-0.05, 0) is 23.8 Å². The highest BCUT2D eigenvalue weighted by atomic mass is 16.5. The Balaban J connectivity index is 2.20. The Hall–Kier alpha value is -2.82. The van der Waals surface area contributed by atoms with E-state index in [9.17, 15) is 9.59 Å². The van der Waals surface area contributed by atoms with Crippen molar-refractivity contribution in [2.24, 2.45) is 0 Å². The molecule has 0 radical (unpaired) electrons. The molecule has 0 aliphatic carbocycles. The highest BCUT2D eigenvalue weighted by Gasteiger charge is 2.16. The van der Waals surface area contributed by atoms with E-state index in [-0.39, 0.29) is 5.91 Å². The van der Waals surface area contributed by atoms with Crippen LogP contribution in [0.15, 0.2) is 42.5 Å². The number of carbonyl (C=O) groups is 2. The normalized spacial score (nSPS) is 10.0. The van der Waals surface area contributed by atoms with E-state index in [1.54, 1.807) is 56.5 Å². The van der Waals surface area contributed by atoms with E-state index in [1.807, 2.05) is 12.1 Å². The molecule has 1 amide bonds. The Labute approximate surface area is 135 Å². The summed E-state index contributed by atoms with van der Waals surface area (Å²) in [5.74, 6) is 1.04. The topological polar surface area (TPSA) is 55.8 Å².